The molecule has 0 amide bonds. The number of hydrogen-bond donors (Lipinski definition) is 3. The summed E-state index contributed by atoms with van der Waals surface area (Å²) in [6.07, 6.45) is 1.34. The third-order valence-electron chi connectivity index (χ3n) is 3.57. The first kappa shape index (κ1) is 19.0. The van der Waals surface area contributed by atoms with Gasteiger partial charge in [0, 0.05) is 28.0 Å². The summed E-state index contributed by atoms with van der Waals surface area (Å²) in [7, 11) is -4.05. The van der Waals surface area contributed by atoms with Crippen LogP contribution in [0.1, 0.15) is 5.56 Å². The van der Waals surface area contributed by atoms with E-state index in [9.17, 15) is 12.8 Å². The maximum atomic E-state index is 13.0. The van der Waals surface area contributed by atoms with Gasteiger partial charge < -0.3 is 10.6 Å². The molecule has 0 fully saturated rings. The highest BCUT2D eigenvalue weighted by Gasteiger charge is 2.15. The second-order valence-corrected chi connectivity index (χ2v) is 7.51. The first-order chi connectivity index (χ1) is 12.8. The fourth-order valence-electron chi connectivity index (χ4n) is 2.33. The number of aromatic nitrogens is 2. The van der Waals surface area contributed by atoms with E-state index in [4.69, 9.17) is 16.7 Å². The number of benzene rings is 2. The Hall–Kier alpha value is -2.75. The molecule has 3 aromatic rings. The zero-order valence-corrected chi connectivity index (χ0v) is 15.4. The minimum Gasteiger partial charge on any atom is -0.340 e. The zero-order chi connectivity index (χ0) is 19.4. The summed E-state index contributed by atoms with van der Waals surface area (Å²) in [5.41, 5.74) is 1.18. The lowest BCUT2D eigenvalue weighted by Gasteiger charge is -2.11. The molecular formula is C17H15ClFN5O2S. The van der Waals surface area contributed by atoms with Crippen LogP contribution in [-0.2, 0) is 16.7 Å². The van der Waals surface area contributed by atoms with Crippen LogP contribution in [0.25, 0.3) is 0 Å². The monoisotopic (exact) mass is 407 g/mol. The van der Waals surface area contributed by atoms with E-state index >= 15 is 0 Å². The van der Waals surface area contributed by atoms with Crippen molar-refractivity contribution in [3.8, 4) is 0 Å². The number of rotatable bonds is 6. The molecule has 0 bridgehead atoms. The summed E-state index contributed by atoms with van der Waals surface area (Å²) < 4.78 is 36.3. The molecule has 0 unspecified atom stereocenters. The smallest absolute Gasteiger partial charge is 0.238 e. The van der Waals surface area contributed by atoms with Crippen LogP contribution in [0.15, 0.2) is 59.8 Å². The molecule has 140 valence electrons. The van der Waals surface area contributed by atoms with Crippen molar-refractivity contribution in [1.82, 2.24) is 9.97 Å². The average molecular weight is 408 g/mol. The van der Waals surface area contributed by atoms with E-state index in [-0.39, 0.29) is 10.5 Å². The first-order valence-electron chi connectivity index (χ1n) is 7.68. The zero-order valence-electron chi connectivity index (χ0n) is 13.9. The minimum absolute atomic E-state index is 0.00386. The molecule has 0 saturated carbocycles. The molecule has 27 heavy (non-hydrogen) atoms. The van der Waals surface area contributed by atoms with Gasteiger partial charge >= 0.3 is 0 Å². The van der Waals surface area contributed by atoms with Gasteiger partial charge in [-0.1, -0.05) is 17.7 Å². The summed E-state index contributed by atoms with van der Waals surface area (Å²) in [5, 5.41) is 11.8. The molecule has 10 heteroatoms. The molecule has 0 spiro atoms. The number of sulfonamides is 1. The van der Waals surface area contributed by atoms with E-state index in [1.54, 1.807) is 30.3 Å². The standard InChI is InChI=1S/C17H15ClFN5O2S/c18-12-2-5-13(6-3-12)23-16-8-17(22-10-21-16)24-14-4-1-11(9-19)15(7-14)27(20,25)26/h1-8,10H,9H2,(H2,20,25,26)(H2,21,22,23,24). The predicted octanol–water partition coefficient (Wildman–Crippen LogP) is 3.73. The Kier molecular flexibility index (Phi) is 5.54. The summed E-state index contributed by atoms with van der Waals surface area (Å²) in [6, 6.07) is 12.9. The summed E-state index contributed by atoms with van der Waals surface area (Å²) in [4.78, 5) is 7.93. The molecule has 0 aliphatic carbocycles. The minimum atomic E-state index is -4.05. The third-order valence-corrected chi connectivity index (χ3v) is 4.82. The summed E-state index contributed by atoms with van der Waals surface area (Å²) >= 11 is 5.86. The average Bonchev–Trinajstić information content (AvgIpc) is 2.63. The summed E-state index contributed by atoms with van der Waals surface area (Å²) in [6.45, 7) is -0.936. The molecule has 0 atom stereocenters. The van der Waals surface area contributed by atoms with E-state index < -0.39 is 16.7 Å². The van der Waals surface area contributed by atoms with Crippen LogP contribution >= 0.6 is 11.6 Å². The Morgan fingerprint density at radius 1 is 0.963 bits per heavy atom. The molecule has 0 aliphatic heterocycles. The van der Waals surface area contributed by atoms with Gasteiger partial charge in [0.05, 0.1) is 4.90 Å². The predicted molar refractivity (Wildman–Crippen MR) is 103 cm³/mol. The molecule has 3 rings (SSSR count). The molecule has 1 heterocycles. The second kappa shape index (κ2) is 7.87. The Bertz CT molecular complexity index is 1060. The number of nitrogens with one attached hydrogen (secondary N) is 2. The highest BCUT2D eigenvalue weighted by atomic mass is 35.5. The van der Waals surface area contributed by atoms with Gasteiger partial charge in [0.25, 0.3) is 0 Å². The molecular weight excluding hydrogens is 393 g/mol. The lowest BCUT2D eigenvalue weighted by Crippen LogP contribution is -2.14. The number of nitrogens with two attached hydrogens (primary N) is 1. The highest BCUT2D eigenvalue weighted by Crippen LogP contribution is 2.24. The number of nitrogens with zero attached hydrogens (tertiary/aromatic N) is 2. The van der Waals surface area contributed by atoms with E-state index in [0.717, 1.165) is 5.69 Å². The number of alkyl halides is 1. The van der Waals surface area contributed by atoms with Crippen LogP contribution in [0.3, 0.4) is 0 Å². The van der Waals surface area contributed by atoms with Crippen LogP contribution < -0.4 is 15.8 Å². The van der Waals surface area contributed by atoms with Gasteiger partial charge in [0.15, 0.2) is 0 Å². The Balaban J connectivity index is 1.83. The molecule has 0 radical (unpaired) electrons. The lowest BCUT2D eigenvalue weighted by molar-refractivity contribution is 0.478. The Labute approximate surface area is 160 Å². The molecule has 1 aromatic heterocycles. The van der Waals surface area contributed by atoms with E-state index in [2.05, 4.69) is 20.6 Å². The second-order valence-electron chi connectivity index (χ2n) is 5.55. The van der Waals surface area contributed by atoms with Crippen molar-refractivity contribution >= 4 is 44.6 Å². The van der Waals surface area contributed by atoms with Gasteiger partial charge in [0.1, 0.15) is 24.6 Å². The van der Waals surface area contributed by atoms with Crippen molar-refractivity contribution in [3.05, 3.63) is 65.4 Å². The highest BCUT2D eigenvalue weighted by molar-refractivity contribution is 7.89. The molecule has 0 aliphatic rings. The van der Waals surface area contributed by atoms with Crippen molar-refractivity contribution in [2.24, 2.45) is 5.14 Å². The van der Waals surface area contributed by atoms with Crippen molar-refractivity contribution in [2.45, 2.75) is 11.6 Å². The first-order valence-corrected chi connectivity index (χ1v) is 9.61. The maximum absolute atomic E-state index is 13.0. The van der Waals surface area contributed by atoms with Gasteiger partial charge in [-0.15, -0.1) is 0 Å². The van der Waals surface area contributed by atoms with Crippen molar-refractivity contribution in [3.63, 3.8) is 0 Å². The molecule has 4 N–H and O–H groups in total. The fraction of sp³-hybridized carbons (Fsp3) is 0.0588. The van der Waals surface area contributed by atoms with Crippen LogP contribution in [0.2, 0.25) is 5.02 Å². The van der Waals surface area contributed by atoms with Crippen LogP contribution in [0.5, 0.6) is 0 Å². The van der Waals surface area contributed by atoms with Gasteiger partial charge in [0.2, 0.25) is 10.0 Å². The lowest BCUT2D eigenvalue weighted by atomic mass is 10.2. The topological polar surface area (TPSA) is 110 Å². The van der Waals surface area contributed by atoms with Crippen molar-refractivity contribution in [1.29, 1.82) is 0 Å². The van der Waals surface area contributed by atoms with Crippen LogP contribution in [0, 0.1) is 0 Å². The molecule has 2 aromatic carbocycles. The van der Waals surface area contributed by atoms with Crippen LogP contribution in [0.4, 0.5) is 27.4 Å². The van der Waals surface area contributed by atoms with Gasteiger partial charge in [-0.25, -0.2) is 27.9 Å². The summed E-state index contributed by atoms with van der Waals surface area (Å²) in [5.74, 6) is 0.928. The van der Waals surface area contributed by atoms with E-state index in [1.807, 2.05) is 0 Å². The van der Waals surface area contributed by atoms with E-state index in [0.29, 0.717) is 22.3 Å². The normalized spacial score (nSPS) is 11.2. The number of primary sulfonamides is 1. The Morgan fingerprint density at radius 2 is 1.56 bits per heavy atom. The fourth-order valence-corrected chi connectivity index (χ4v) is 3.24. The van der Waals surface area contributed by atoms with Gasteiger partial charge in [-0.2, -0.15) is 0 Å². The molecule has 7 nitrogen and oxygen atoms in total. The SMILES string of the molecule is NS(=O)(=O)c1cc(Nc2cc(Nc3ccc(Cl)cc3)ncn2)ccc1CF. The van der Waals surface area contributed by atoms with E-state index in [1.165, 1.54) is 24.5 Å². The number of anilines is 4. The molecule has 0 saturated heterocycles. The number of hydrogen-bond acceptors (Lipinski definition) is 6. The third kappa shape index (κ3) is 4.91. The van der Waals surface area contributed by atoms with Crippen molar-refractivity contribution < 1.29 is 12.8 Å². The maximum Gasteiger partial charge on any atom is 0.238 e. The van der Waals surface area contributed by atoms with Crippen LogP contribution in [-0.4, -0.2) is 18.4 Å². The van der Waals surface area contributed by atoms with Gasteiger partial charge in [-0.3, -0.25) is 0 Å². The largest absolute Gasteiger partial charge is 0.340 e. The van der Waals surface area contributed by atoms with Gasteiger partial charge in [-0.05, 0) is 36.4 Å². The quantitative estimate of drug-likeness (QED) is 0.574. The number of halogens is 2. The van der Waals surface area contributed by atoms with Crippen molar-refractivity contribution in [2.75, 3.05) is 10.6 Å². The Morgan fingerprint density at radius 3 is 2.15 bits per heavy atom.